The number of alkyl halides is 1. The van der Waals surface area contributed by atoms with E-state index in [9.17, 15) is 10.2 Å². The van der Waals surface area contributed by atoms with E-state index in [1.165, 1.54) is 5.56 Å². The zero-order valence-corrected chi connectivity index (χ0v) is 10.7. The van der Waals surface area contributed by atoms with E-state index in [0.717, 1.165) is 11.1 Å². The first kappa shape index (κ1) is 12.7. The summed E-state index contributed by atoms with van der Waals surface area (Å²) in [6, 6.07) is 5.76. The maximum atomic E-state index is 9.86. The van der Waals surface area contributed by atoms with Gasteiger partial charge < -0.3 is 10.2 Å². The van der Waals surface area contributed by atoms with Gasteiger partial charge in [0.1, 0.15) is 6.10 Å². The molecule has 0 fully saturated rings. The highest BCUT2D eigenvalue weighted by molar-refractivity contribution is 9.09. The van der Waals surface area contributed by atoms with Gasteiger partial charge in [0, 0.05) is 5.33 Å². The average Bonchev–Trinajstić information content (AvgIpc) is 2.21. The van der Waals surface area contributed by atoms with Crippen molar-refractivity contribution in [1.29, 1.82) is 0 Å². The molecule has 1 aromatic rings. The van der Waals surface area contributed by atoms with Crippen LogP contribution in [0.5, 0.6) is 0 Å². The van der Waals surface area contributed by atoms with Crippen LogP contribution in [0.3, 0.4) is 0 Å². The molecule has 0 bridgehead atoms. The SMILES string of the molecule is Cc1ccc(C(O)C(O)CCBr)cc1C. The number of hydrogen-bond donors (Lipinski definition) is 2. The lowest BCUT2D eigenvalue weighted by atomic mass is 9.99. The average molecular weight is 273 g/mol. The molecule has 2 N–H and O–H groups in total. The number of hydrogen-bond acceptors (Lipinski definition) is 2. The maximum absolute atomic E-state index is 9.86. The van der Waals surface area contributed by atoms with E-state index in [1.807, 2.05) is 32.0 Å². The van der Waals surface area contributed by atoms with Gasteiger partial charge in [-0.25, -0.2) is 0 Å². The minimum Gasteiger partial charge on any atom is -0.390 e. The lowest BCUT2D eigenvalue weighted by Gasteiger charge is -2.18. The molecule has 0 saturated carbocycles. The van der Waals surface area contributed by atoms with Crippen LogP contribution >= 0.6 is 15.9 Å². The molecule has 0 aromatic heterocycles. The van der Waals surface area contributed by atoms with Crippen LogP contribution in [-0.4, -0.2) is 21.6 Å². The van der Waals surface area contributed by atoms with Crippen LogP contribution in [0.15, 0.2) is 18.2 Å². The van der Waals surface area contributed by atoms with Gasteiger partial charge in [0.25, 0.3) is 0 Å². The van der Waals surface area contributed by atoms with Gasteiger partial charge in [0.15, 0.2) is 0 Å². The second-order valence-electron chi connectivity index (χ2n) is 3.83. The Kier molecular flexibility index (Phi) is 4.77. The van der Waals surface area contributed by atoms with Crippen LogP contribution in [0.1, 0.15) is 29.2 Å². The normalized spacial score (nSPS) is 15.0. The van der Waals surface area contributed by atoms with Gasteiger partial charge in [-0.3, -0.25) is 0 Å². The number of benzene rings is 1. The molecule has 15 heavy (non-hydrogen) atoms. The molecule has 2 unspecified atom stereocenters. The second-order valence-corrected chi connectivity index (χ2v) is 4.63. The fraction of sp³-hybridized carbons (Fsp3) is 0.500. The number of halogens is 1. The Labute approximate surface area is 99.1 Å². The zero-order chi connectivity index (χ0) is 11.4. The topological polar surface area (TPSA) is 40.5 Å². The van der Waals surface area contributed by atoms with Crippen LogP contribution in [-0.2, 0) is 0 Å². The Hall–Kier alpha value is -0.380. The molecular weight excluding hydrogens is 256 g/mol. The molecule has 2 atom stereocenters. The first-order chi connectivity index (χ1) is 7.06. The Morgan fingerprint density at radius 3 is 2.40 bits per heavy atom. The van der Waals surface area contributed by atoms with Crippen molar-refractivity contribution in [2.75, 3.05) is 5.33 Å². The second kappa shape index (κ2) is 5.64. The monoisotopic (exact) mass is 272 g/mol. The van der Waals surface area contributed by atoms with Gasteiger partial charge >= 0.3 is 0 Å². The maximum Gasteiger partial charge on any atom is 0.105 e. The van der Waals surface area contributed by atoms with Gasteiger partial charge in [0.2, 0.25) is 0 Å². The van der Waals surface area contributed by atoms with E-state index in [0.29, 0.717) is 11.8 Å². The Bertz CT molecular complexity index is 325. The first-order valence-electron chi connectivity index (χ1n) is 5.05. The summed E-state index contributed by atoms with van der Waals surface area (Å²) in [6.07, 6.45) is -0.943. The highest BCUT2D eigenvalue weighted by Crippen LogP contribution is 2.21. The lowest BCUT2D eigenvalue weighted by molar-refractivity contribution is 0.0173. The van der Waals surface area contributed by atoms with Crippen molar-refractivity contribution in [1.82, 2.24) is 0 Å². The predicted octanol–water partition coefficient (Wildman–Crippen LogP) is 2.48. The summed E-state index contributed by atoms with van der Waals surface area (Å²) in [4.78, 5) is 0. The van der Waals surface area contributed by atoms with E-state index in [1.54, 1.807) is 0 Å². The van der Waals surface area contributed by atoms with E-state index in [2.05, 4.69) is 15.9 Å². The largest absolute Gasteiger partial charge is 0.390 e. The Morgan fingerprint density at radius 1 is 1.20 bits per heavy atom. The summed E-state index contributed by atoms with van der Waals surface area (Å²) in [5.41, 5.74) is 3.12. The lowest BCUT2D eigenvalue weighted by Crippen LogP contribution is -2.18. The molecule has 0 amide bonds. The smallest absolute Gasteiger partial charge is 0.105 e. The van der Waals surface area contributed by atoms with Crippen LogP contribution in [0, 0.1) is 13.8 Å². The van der Waals surface area contributed by atoms with Crippen LogP contribution in [0.2, 0.25) is 0 Å². The standard InChI is InChI=1S/C12H17BrO2/c1-8-3-4-10(7-9(8)2)12(15)11(14)5-6-13/h3-4,7,11-12,14-15H,5-6H2,1-2H3. The van der Waals surface area contributed by atoms with E-state index < -0.39 is 12.2 Å². The first-order valence-corrected chi connectivity index (χ1v) is 6.17. The van der Waals surface area contributed by atoms with Gasteiger partial charge in [-0.15, -0.1) is 0 Å². The van der Waals surface area contributed by atoms with Crippen molar-refractivity contribution in [2.24, 2.45) is 0 Å². The molecule has 2 nitrogen and oxygen atoms in total. The third-order valence-corrected chi connectivity index (χ3v) is 3.10. The van der Waals surface area contributed by atoms with Crippen LogP contribution in [0.25, 0.3) is 0 Å². The highest BCUT2D eigenvalue weighted by atomic mass is 79.9. The van der Waals surface area contributed by atoms with Gasteiger partial charge in [0.05, 0.1) is 6.10 Å². The number of aliphatic hydroxyl groups excluding tert-OH is 2. The fourth-order valence-electron chi connectivity index (χ4n) is 1.44. The van der Waals surface area contributed by atoms with Crippen molar-refractivity contribution in [3.8, 4) is 0 Å². The minimum atomic E-state index is -0.790. The fourth-order valence-corrected chi connectivity index (χ4v) is 1.91. The molecule has 84 valence electrons. The molecule has 0 aliphatic rings. The van der Waals surface area contributed by atoms with Crippen molar-refractivity contribution >= 4 is 15.9 Å². The number of aryl methyl sites for hydroxylation is 2. The molecule has 0 spiro atoms. The van der Waals surface area contributed by atoms with Crippen molar-refractivity contribution in [2.45, 2.75) is 32.5 Å². The molecule has 1 aromatic carbocycles. The Morgan fingerprint density at radius 2 is 1.87 bits per heavy atom. The van der Waals surface area contributed by atoms with Gasteiger partial charge in [-0.1, -0.05) is 34.1 Å². The van der Waals surface area contributed by atoms with Crippen molar-refractivity contribution in [3.63, 3.8) is 0 Å². The van der Waals surface area contributed by atoms with E-state index in [-0.39, 0.29) is 0 Å². The van der Waals surface area contributed by atoms with Crippen molar-refractivity contribution in [3.05, 3.63) is 34.9 Å². The highest BCUT2D eigenvalue weighted by Gasteiger charge is 2.17. The van der Waals surface area contributed by atoms with E-state index in [4.69, 9.17) is 0 Å². The molecule has 0 heterocycles. The molecule has 0 radical (unpaired) electrons. The minimum absolute atomic E-state index is 0.550. The third-order valence-electron chi connectivity index (χ3n) is 2.64. The van der Waals surface area contributed by atoms with E-state index >= 15 is 0 Å². The molecule has 0 aliphatic heterocycles. The summed E-state index contributed by atoms with van der Waals surface area (Å²) < 4.78 is 0. The molecular formula is C12H17BrO2. The zero-order valence-electron chi connectivity index (χ0n) is 9.07. The molecule has 0 saturated heterocycles. The van der Waals surface area contributed by atoms with Crippen molar-refractivity contribution < 1.29 is 10.2 Å². The molecule has 0 aliphatic carbocycles. The Balaban J connectivity index is 2.81. The third kappa shape index (κ3) is 3.30. The van der Waals surface area contributed by atoms with Crippen LogP contribution < -0.4 is 0 Å². The van der Waals surface area contributed by atoms with Gasteiger partial charge in [-0.05, 0) is 37.0 Å². The molecule has 3 heteroatoms. The van der Waals surface area contributed by atoms with Crippen LogP contribution in [0.4, 0.5) is 0 Å². The molecule has 1 rings (SSSR count). The quantitative estimate of drug-likeness (QED) is 0.827. The predicted molar refractivity (Wildman–Crippen MR) is 65.3 cm³/mol. The summed E-state index contributed by atoms with van der Waals surface area (Å²) in [5.74, 6) is 0. The van der Waals surface area contributed by atoms with Gasteiger partial charge in [-0.2, -0.15) is 0 Å². The number of aliphatic hydroxyl groups is 2. The summed E-state index contributed by atoms with van der Waals surface area (Å²) >= 11 is 3.25. The summed E-state index contributed by atoms with van der Waals surface area (Å²) in [5, 5.41) is 20.2. The number of rotatable bonds is 4. The summed E-state index contributed by atoms with van der Waals surface area (Å²) in [7, 11) is 0. The summed E-state index contributed by atoms with van der Waals surface area (Å²) in [6.45, 7) is 4.03.